The molecule has 0 fully saturated rings. The fourth-order valence-electron chi connectivity index (χ4n) is 3.56. The largest absolute Gasteiger partial charge is 0.461 e. The van der Waals surface area contributed by atoms with Crippen molar-refractivity contribution in [3.05, 3.63) is 82.6 Å². The van der Waals surface area contributed by atoms with Crippen LogP contribution in [-0.2, 0) is 15.7 Å². The molecule has 0 heterocycles. The summed E-state index contributed by atoms with van der Waals surface area (Å²) in [6.07, 6.45) is -1.61. The number of allylic oxidation sites excluding steroid dienone is 2. The van der Waals surface area contributed by atoms with Crippen molar-refractivity contribution in [3.8, 4) is 11.8 Å². The number of hydrogen-bond acceptors (Lipinski definition) is 5. The van der Waals surface area contributed by atoms with E-state index < -0.39 is 29.9 Å². The predicted octanol–water partition coefficient (Wildman–Crippen LogP) is 7.16. The Labute approximate surface area is 213 Å². The number of anilines is 1. The molecule has 2 aromatic carbocycles. The molecule has 1 N–H and O–H groups in total. The van der Waals surface area contributed by atoms with E-state index in [1.807, 2.05) is 49.4 Å². The minimum atomic E-state index is -4.54. The van der Waals surface area contributed by atoms with E-state index in [-0.39, 0.29) is 22.5 Å². The molecule has 1 aliphatic rings. The molecule has 0 aromatic heterocycles. The molecule has 3 unspecified atom stereocenters. The molecule has 0 bridgehead atoms. The highest BCUT2D eigenvalue weighted by molar-refractivity contribution is 6.33. The van der Waals surface area contributed by atoms with Gasteiger partial charge in [0.25, 0.3) is 0 Å². The molecular weight excluding hydrogens is 493 g/mol. The maximum absolute atomic E-state index is 13.0. The second-order valence-electron chi connectivity index (χ2n) is 8.81. The van der Waals surface area contributed by atoms with Crippen LogP contribution in [0.3, 0.4) is 0 Å². The standard InChI is InChI=1S/C27H26ClF3N2O3/c1-16(2)25(33-22-12-11-19(14-21(22)28)27(29,30)31)26(34)36-24(15-32)18-10-9-17(3)23(13-18)35-20-7-5-4-6-8-20/h4-8,10-14,16-17,24-25,33H,9H2,1-3H3. The maximum atomic E-state index is 13.0. The van der Waals surface area contributed by atoms with Gasteiger partial charge in [0.05, 0.1) is 16.3 Å². The minimum absolute atomic E-state index is 0.0656. The zero-order valence-electron chi connectivity index (χ0n) is 20.0. The summed E-state index contributed by atoms with van der Waals surface area (Å²) < 4.78 is 50.4. The van der Waals surface area contributed by atoms with Crippen LogP contribution in [0.15, 0.2) is 72.0 Å². The Morgan fingerprint density at radius 2 is 1.89 bits per heavy atom. The van der Waals surface area contributed by atoms with Gasteiger partial charge in [-0.05, 0) is 48.7 Å². The highest BCUT2D eigenvalue weighted by atomic mass is 35.5. The average Bonchev–Trinajstić information content (AvgIpc) is 2.83. The van der Waals surface area contributed by atoms with Gasteiger partial charge in [0.1, 0.15) is 23.6 Å². The number of rotatable bonds is 8. The number of hydrogen-bond donors (Lipinski definition) is 1. The monoisotopic (exact) mass is 518 g/mol. The first kappa shape index (κ1) is 27.2. The molecule has 2 aromatic rings. The first-order valence-electron chi connectivity index (χ1n) is 11.4. The predicted molar refractivity (Wildman–Crippen MR) is 131 cm³/mol. The number of nitriles is 1. The zero-order valence-corrected chi connectivity index (χ0v) is 20.7. The highest BCUT2D eigenvalue weighted by Crippen LogP contribution is 2.34. The van der Waals surface area contributed by atoms with Crippen molar-refractivity contribution < 1.29 is 27.4 Å². The number of halogens is 4. The summed E-state index contributed by atoms with van der Waals surface area (Å²) in [5.74, 6) is 0.315. The van der Waals surface area contributed by atoms with E-state index in [1.165, 1.54) is 0 Å². The summed E-state index contributed by atoms with van der Waals surface area (Å²) in [7, 11) is 0. The van der Waals surface area contributed by atoms with Crippen LogP contribution in [0, 0.1) is 23.2 Å². The zero-order chi connectivity index (χ0) is 26.5. The van der Waals surface area contributed by atoms with Crippen molar-refractivity contribution in [2.24, 2.45) is 11.8 Å². The van der Waals surface area contributed by atoms with Crippen molar-refractivity contribution >= 4 is 23.3 Å². The Balaban J connectivity index is 1.75. The van der Waals surface area contributed by atoms with Crippen molar-refractivity contribution in [1.82, 2.24) is 0 Å². The van der Waals surface area contributed by atoms with E-state index in [0.29, 0.717) is 23.5 Å². The molecule has 0 aliphatic heterocycles. The van der Waals surface area contributed by atoms with Gasteiger partial charge in [-0.2, -0.15) is 18.4 Å². The number of benzene rings is 2. The number of ether oxygens (including phenoxy) is 2. The van der Waals surface area contributed by atoms with Crippen LogP contribution in [0.4, 0.5) is 18.9 Å². The highest BCUT2D eigenvalue weighted by Gasteiger charge is 2.32. The third-order valence-electron chi connectivity index (χ3n) is 5.66. The van der Waals surface area contributed by atoms with Gasteiger partial charge in [-0.1, -0.05) is 56.6 Å². The fraction of sp³-hybridized carbons (Fsp3) is 0.333. The number of para-hydroxylation sites is 1. The lowest BCUT2D eigenvalue weighted by Crippen LogP contribution is -2.38. The van der Waals surface area contributed by atoms with Crippen LogP contribution in [-0.4, -0.2) is 18.1 Å². The molecule has 9 heteroatoms. The molecule has 3 atom stereocenters. The first-order chi connectivity index (χ1) is 17.0. The number of carbonyl (C=O) groups excluding carboxylic acids is 1. The van der Waals surface area contributed by atoms with Crippen LogP contribution in [0.1, 0.15) is 32.8 Å². The quantitative estimate of drug-likeness (QED) is 0.375. The summed E-state index contributed by atoms with van der Waals surface area (Å²) in [6.45, 7) is 5.47. The van der Waals surface area contributed by atoms with E-state index in [1.54, 1.807) is 19.9 Å². The molecule has 3 rings (SSSR count). The molecular formula is C27H26ClF3N2O3. The summed E-state index contributed by atoms with van der Waals surface area (Å²) in [5.41, 5.74) is -0.257. The van der Waals surface area contributed by atoms with Gasteiger partial charge in [0.2, 0.25) is 6.10 Å². The lowest BCUT2D eigenvalue weighted by atomic mass is 9.93. The molecule has 0 spiro atoms. The van der Waals surface area contributed by atoms with Crippen LogP contribution in [0.25, 0.3) is 0 Å². The van der Waals surface area contributed by atoms with Gasteiger partial charge in [0, 0.05) is 11.5 Å². The smallest absolute Gasteiger partial charge is 0.416 e. The second-order valence-corrected chi connectivity index (χ2v) is 9.21. The fourth-order valence-corrected chi connectivity index (χ4v) is 3.80. The third kappa shape index (κ3) is 6.82. The van der Waals surface area contributed by atoms with Crippen molar-refractivity contribution in [3.63, 3.8) is 0 Å². The topological polar surface area (TPSA) is 71.3 Å². The minimum Gasteiger partial charge on any atom is -0.461 e. The van der Waals surface area contributed by atoms with E-state index in [2.05, 4.69) is 5.32 Å². The molecule has 0 saturated carbocycles. The average molecular weight is 519 g/mol. The summed E-state index contributed by atoms with van der Waals surface area (Å²) in [6, 6.07) is 13.1. The van der Waals surface area contributed by atoms with Gasteiger partial charge in [0.15, 0.2) is 0 Å². The Morgan fingerprint density at radius 1 is 1.19 bits per heavy atom. The van der Waals surface area contributed by atoms with Crippen LogP contribution in [0.2, 0.25) is 5.02 Å². The number of nitrogens with zero attached hydrogens (tertiary/aromatic N) is 1. The van der Waals surface area contributed by atoms with Crippen LogP contribution >= 0.6 is 11.6 Å². The summed E-state index contributed by atoms with van der Waals surface area (Å²) in [5, 5.41) is 12.4. The Hall–Kier alpha value is -3.44. The van der Waals surface area contributed by atoms with Gasteiger partial charge < -0.3 is 14.8 Å². The summed E-state index contributed by atoms with van der Waals surface area (Å²) >= 11 is 6.04. The van der Waals surface area contributed by atoms with E-state index >= 15 is 0 Å². The van der Waals surface area contributed by atoms with Crippen molar-refractivity contribution in [1.29, 1.82) is 5.26 Å². The first-order valence-corrected chi connectivity index (χ1v) is 11.7. The van der Waals surface area contributed by atoms with E-state index in [0.717, 1.165) is 18.2 Å². The van der Waals surface area contributed by atoms with Crippen molar-refractivity contribution in [2.45, 2.75) is 45.5 Å². The SMILES string of the molecule is CC1CC=C(C(C#N)OC(=O)C(Nc2ccc(C(F)(F)F)cc2Cl)C(C)C)C=C1Oc1ccccc1. The number of alkyl halides is 3. The van der Waals surface area contributed by atoms with Gasteiger partial charge in [-0.3, -0.25) is 0 Å². The molecule has 0 radical (unpaired) electrons. The molecule has 0 saturated heterocycles. The van der Waals surface area contributed by atoms with E-state index in [4.69, 9.17) is 21.1 Å². The number of carbonyl (C=O) groups is 1. The molecule has 1 aliphatic carbocycles. The molecule has 36 heavy (non-hydrogen) atoms. The van der Waals surface area contributed by atoms with Crippen LogP contribution in [0.5, 0.6) is 5.75 Å². The molecule has 0 amide bonds. The van der Waals surface area contributed by atoms with Gasteiger partial charge >= 0.3 is 12.1 Å². The van der Waals surface area contributed by atoms with Crippen molar-refractivity contribution in [2.75, 3.05) is 5.32 Å². The number of esters is 1. The lowest BCUT2D eigenvalue weighted by Gasteiger charge is -2.26. The van der Waals surface area contributed by atoms with E-state index in [9.17, 15) is 23.2 Å². The van der Waals surface area contributed by atoms with Gasteiger partial charge in [-0.15, -0.1) is 0 Å². The Morgan fingerprint density at radius 3 is 2.47 bits per heavy atom. The third-order valence-corrected chi connectivity index (χ3v) is 5.98. The second kappa shape index (κ2) is 11.5. The molecule has 5 nitrogen and oxygen atoms in total. The maximum Gasteiger partial charge on any atom is 0.416 e. The van der Waals surface area contributed by atoms with Crippen LogP contribution < -0.4 is 10.1 Å². The summed E-state index contributed by atoms with van der Waals surface area (Å²) in [4.78, 5) is 13.0. The Bertz CT molecular complexity index is 1190. The van der Waals surface area contributed by atoms with Gasteiger partial charge in [-0.25, -0.2) is 4.79 Å². The Kier molecular flexibility index (Phi) is 8.70. The lowest BCUT2D eigenvalue weighted by molar-refractivity contribution is -0.147. The normalized spacial score (nSPS) is 17.4. The number of nitrogens with one attached hydrogen (secondary N) is 1. The molecule has 190 valence electrons.